The molecule has 3 amide bonds. The maximum Gasteiger partial charge on any atom is 0.411 e. The summed E-state index contributed by atoms with van der Waals surface area (Å²) in [6.45, 7) is 2.49. The monoisotopic (exact) mass is 532 g/mol. The van der Waals surface area contributed by atoms with Crippen LogP contribution in [0.1, 0.15) is 51.5 Å². The number of amides is 3. The van der Waals surface area contributed by atoms with E-state index in [1.807, 2.05) is 19.1 Å². The highest BCUT2D eigenvalue weighted by atomic mass is 19.1. The number of nitrogens with zero attached hydrogens (tertiary/aromatic N) is 1. The van der Waals surface area contributed by atoms with E-state index < -0.39 is 18.0 Å². The Bertz CT molecular complexity index is 1460. The minimum absolute atomic E-state index is 0.0430. The Hall–Kier alpha value is -4.60. The summed E-state index contributed by atoms with van der Waals surface area (Å²) in [7, 11) is 3.16. The molecule has 0 fully saturated rings. The third-order valence-corrected chi connectivity index (χ3v) is 6.98. The summed E-state index contributed by atoms with van der Waals surface area (Å²) in [4.78, 5) is 40.0. The first-order chi connectivity index (χ1) is 18.7. The van der Waals surface area contributed by atoms with Crippen LogP contribution in [0, 0.1) is 5.82 Å². The molecule has 9 nitrogen and oxygen atoms in total. The van der Waals surface area contributed by atoms with E-state index in [0.29, 0.717) is 28.1 Å². The van der Waals surface area contributed by atoms with E-state index in [-0.39, 0.29) is 43.1 Å². The van der Waals surface area contributed by atoms with Crippen LogP contribution in [0.15, 0.2) is 54.6 Å². The number of nitrogens with one attached hydrogen (secondary N) is 3. The molecule has 3 aromatic rings. The van der Waals surface area contributed by atoms with Gasteiger partial charge in [0.2, 0.25) is 5.91 Å². The summed E-state index contributed by atoms with van der Waals surface area (Å²) in [5.41, 5.74) is 3.61. The molecule has 39 heavy (non-hydrogen) atoms. The minimum atomic E-state index is -0.989. The number of carbonyl (C=O) groups excluding carboxylic acids is 3. The van der Waals surface area contributed by atoms with Crippen molar-refractivity contribution in [3.8, 4) is 5.75 Å². The summed E-state index contributed by atoms with van der Waals surface area (Å²) in [6.07, 6.45) is -0.583. The summed E-state index contributed by atoms with van der Waals surface area (Å²) in [6, 6.07) is 14.2. The summed E-state index contributed by atoms with van der Waals surface area (Å²) in [5.74, 6) is -0.893. The first-order valence-corrected chi connectivity index (χ1v) is 12.6. The fourth-order valence-electron chi connectivity index (χ4n) is 4.87. The predicted molar refractivity (Wildman–Crippen MR) is 143 cm³/mol. The van der Waals surface area contributed by atoms with E-state index in [9.17, 15) is 14.4 Å². The third-order valence-electron chi connectivity index (χ3n) is 6.98. The minimum Gasteiger partial charge on any atom is -0.496 e. The summed E-state index contributed by atoms with van der Waals surface area (Å²) in [5, 5.41) is 8.46. The van der Waals surface area contributed by atoms with Crippen molar-refractivity contribution in [3.63, 3.8) is 0 Å². The van der Waals surface area contributed by atoms with E-state index in [0.717, 1.165) is 11.1 Å². The lowest BCUT2D eigenvalue weighted by Gasteiger charge is -2.27. The molecule has 10 heteroatoms. The number of ether oxygens (including phenoxy) is 2. The van der Waals surface area contributed by atoms with Crippen LogP contribution >= 0.6 is 0 Å². The van der Waals surface area contributed by atoms with Crippen LogP contribution in [0.25, 0.3) is 0 Å². The van der Waals surface area contributed by atoms with Crippen molar-refractivity contribution >= 4 is 29.3 Å². The van der Waals surface area contributed by atoms with Gasteiger partial charge in [-0.15, -0.1) is 0 Å². The molecule has 2 atom stereocenters. The molecular weight excluding hydrogens is 503 g/mol. The van der Waals surface area contributed by atoms with E-state index in [2.05, 4.69) is 16.0 Å². The fourth-order valence-corrected chi connectivity index (χ4v) is 4.87. The van der Waals surface area contributed by atoms with Crippen LogP contribution < -0.4 is 20.7 Å². The maximum absolute atomic E-state index is 15.1. The highest BCUT2D eigenvalue weighted by Crippen LogP contribution is 2.34. The van der Waals surface area contributed by atoms with Crippen LogP contribution in [0.2, 0.25) is 0 Å². The highest BCUT2D eigenvalue weighted by Gasteiger charge is 2.29. The van der Waals surface area contributed by atoms with Gasteiger partial charge in [0.05, 0.1) is 19.4 Å². The molecule has 0 saturated heterocycles. The van der Waals surface area contributed by atoms with Gasteiger partial charge < -0.3 is 25.0 Å². The van der Waals surface area contributed by atoms with E-state index in [4.69, 9.17) is 9.47 Å². The summed E-state index contributed by atoms with van der Waals surface area (Å²) >= 11 is 0. The normalized spacial score (nSPS) is 19.2. The molecule has 0 aliphatic carbocycles. The zero-order valence-corrected chi connectivity index (χ0v) is 21.8. The average molecular weight is 533 g/mol. The quantitative estimate of drug-likeness (QED) is 0.457. The summed E-state index contributed by atoms with van der Waals surface area (Å²) < 4.78 is 26.2. The third kappa shape index (κ3) is 5.36. The Labute approximate surface area is 225 Å². The van der Waals surface area contributed by atoms with Crippen LogP contribution in [0.3, 0.4) is 0 Å². The van der Waals surface area contributed by atoms with Gasteiger partial charge in [-0.25, -0.2) is 9.18 Å². The molecule has 0 radical (unpaired) electrons. The topological polar surface area (TPSA) is 109 Å². The van der Waals surface area contributed by atoms with Gasteiger partial charge in [-0.05, 0) is 47.0 Å². The van der Waals surface area contributed by atoms with Crippen molar-refractivity contribution in [3.05, 3.63) is 88.2 Å². The Kier molecular flexibility index (Phi) is 7.10. The molecule has 0 saturated carbocycles. The van der Waals surface area contributed by atoms with Crippen LogP contribution in [0.5, 0.6) is 5.75 Å². The molecule has 3 heterocycles. The van der Waals surface area contributed by atoms with Crippen molar-refractivity contribution in [2.24, 2.45) is 0 Å². The average Bonchev–Trinajstić information content (AvgIpc) is 3.28. The fraction of sp³-hybridized carbons (Fsp3) is 0.276. The van der Waals surface area contributed by atoms with Gasteiger partial charge in [0.1, 0.15) is 17.6 Å². The number of rotatable bonds is 3. The molecule has 4 bridgehead atoms. The van der Waals surface area contributed by atoms with Crippen molar-refractivity contribution in [1.29, 1.82) is 0 Å². The molecule has 0 aromatic heterocycles. The number of methoxy groups -OCH3 is 1. The SMILES string of the molecule is COc1cc2ccc1[C@@H](C)COC(=O)Nc1cccc(c1)CN(C)C(=O)[C@@H]2Nc1cc2c(cc1F)CNC2=O. The van der Waals surface area contributed by atoms with Crippen molar-refractivity contribution < 1.29 is 28.2 Å². The number of benzene rings is 3. The lowest BCUT2D eigenvalue weighted by molar-refractivity contribution is -0.131. The maximum atomic E-state index is 15.1. The van der Waals surface area contributed by atoms with Gasteiger partial charge in [0.15, 0.2) is 0 Å². The Morgan fingerprint density at radius 3 is 2.72 bits per heavy atom. The Balaban J connectivity index is 1.57. The van der Waals surface area contributed by atoms with Crippen LogP contribution in [0.4, 0.5) is 20.6 Å². The van der Waals surface area contributed by atoms with Crippen molar-refractivity contribution in [1.82, 2.24) is 10.2 Å². The standard InChI is InChI=1S/C29H29FN4O5/c1-16-15-39-29(37)32-20-6-4-5-17(9-20)14-34(2)28(36)26(18-7-8-21(16)25(11-18)38-3)33-24-12-22-19(10-23(24)30)13-31-27(22)35/h4-12,16,26,33H,13-15H2,1-3H3,(H,31,35)(H,32,37)/t16-,26+/m0/s1. The lowest BCUT2D eigenvalue weighted by atomic mass is 9.96. The van der Waals surface area contributed by atoms with Crippen LogP contribution in [-0.4, -0.2) is 43.6 Å². The smallest absolute Gasteiger partial charge is 0.411 e. The second-order valence-corrected chi connectivity index (χ2v) is 9.77. The predicted octanol–water partition coefficient (Wildman–Crippen LogP) is 4.56. The first-order valence-electron chi connectivity index (χ1n) is 12.6. The largest absolute Gasteiger partial charge is 0.496 e. The Morgan fingerprint density at radius 1 is 1.10 bits per heavy atom. The number of hydrogen-bond acceptors (Lipinski definition) is 6. The molecule has 3 aliphatic rings. The van der Waals surface area contributed by atoms with E-state index in [1.54, 1.807) is 37.4 Å². The van der Waals surface area contributed by atoms with E-state index in [1.165, 1.54) is 24.1 Å². The zero-order valence-electron chi connectivity index (χ0n) is 21.8. The molecule has 6 rings (SSSR count). The first kappa shape index (κ1) is 26.0. The van der Waals surface area contributed by atoms with Crippen molar-refractivity contribution in [2.75, 3.05) is 31.4 Å². The molecule has 3 aliphatic heterocycles. The number of halogens is 1. The van der Waals surface area contributed by atoms with Crippen LogP contribution in [-0.2, 0) is 22.6 Å². The van der Waals surface area contributed by atoms with Gasteiger partial charge in [0, 0.05) is 42.9 Å². The molecule has 3 N–H and O–H groups in total. The zero-order chi connectivity index (χ0) is 27.7. The molecule has 202 valence electrons. The lowest BCUT2D eigenvalue weighted by Crippen LogP contribution is -2.35. The van der Waals surface area contributed by atoms with Crippen molar-refractivity contribution in [2.45, 2.75) is 32.0 Å². The number of likely N-dealkylation sites (N-methyl/N-ethyl adjacent to an activating group) is 1. The number of carbonyl (C=O) groups is 3. The van der Waals surface area contributed by atoms with Gasteiger partial charge in [-0.3, -0.25) is 14.9 Å². The van der Waals surface area contributed by atoms with Gasteiger partial charge in [-0.2, -0.15) is 0 Å². The van der Waals surface area contributed by atoms with Gasteiger partial charge in [0.25, 0.3) is 5.91 Å². The molecule has 0 spiro atoms. The molecule has 3 aromatic carbocycles. The number of fused-ring (bicyclic) bond motifs is 10. The second kappa shape index (κ2) is 10.6. The Morgan fingerprint density at radius 2 is 1.92 bits per heavy atom. The van der Waals surface area contributed by atoms with E-state index >= 15 is 4.39 Å². The number of anilines is 2. The van der Waals surface area contributed by atoms with Gasteiger partial charge >= 0.3 is 6.09 Å². The molecular formula is C29H29FN4O5. The molecule has 0 unspecified atom stereocenters. The second-order valence-electron chi connectivity index (χ2n) is 9.77. The van der Waals surface area contributed by atoms with Gasteiger partial charge in [-0.1, -0.05) is 31.2 Å². The number of hydrogen-bond donors (Lipinski definition) is 3. The highest BCUT2D eigenvalue weighted by molar-refractivity contribution is 5.99.